The van der Waals surface area contributed by atoms with Crippen molar-refractivity contribution < 1.29 is 23.8 Å². The Morgan fingerprint density at radius 2 is 2.07 bits per heavy atom. The molecule has 1 N–H and O–H groups in total. The Balaban J connectivity index is 2.26. The molecule has 1 aromatic carbocycles. The molecule has 0 bridgehead atoms. The van der Waals surface area contributed by atoms with Gasteiger partial charge in [0.15, 0.2) is 0 Å². The molecule has 3 atom stereocenters. The molecule has 1 aromatic rings. The minimum absolute atomic E-state index is 0.0340. The van der Waals surface area contributed by atoms with Gasteiger partial charge in [-0.05, 0) is 63.1 Å². The first-order valence-corrected chi connectivity index (χ1v) is 10.7. The van der Waals surface area contributed by atoms with Gasteiger partial charge in [-0.25, -0.2) is 4.79 Å². The van der Waals surface area contributed by atoms with Crippen LogP contribution in [0, 0.1) is 5.92 Å². The predicted octanol–water partition coefficient (Wildman–Crippen LogP) is 4.96. The van der Waals surface area contributed by atoms with Gasteiger partial charge >= 0.3 is 5.97 Å². The van der Waals surface area contributed by atoms with Gasteiger partial charge in [0.2, 0.25) is 0 Å². The summed E-state index contributed by atoms with van der Waals surface area (Å²) in [6.45, 7) is 8.70. The molecular weight excluding hydrogens is 370 g/mol. The molecule has 0 unspecified atom stereocenters. The van der Waals surface area contributed by atoms with Gasteiger partial charge in [0.05, 0.1) is 13.2 Å². The SMILES string of the molecule is CCCO[C@@]1(C(=O)Nc2ccc(O[C@H](C)CC)c(C(=O)OC)c2)CCC[C@@H](C)C1. The van der Waals surface area contributed by atoms with E-state index in [9.17, 15) is 9.59 Å². The molecule has 0 heterocycles. The summed E-state index contributed by atoms with van der Waals surface area (Å²) in [6.07, 6.45) is 5.13. The molecule has 0 aliphatic heterocycles. The Labute approximate surface area is 174 Å². The van der Waals surface area contributed by atoms with Crippen molar-refractivity contribution in [1.29, 1.82) is 0 Å². The van der Waals surface area contributed by atoms with E-state index in [-0.39, 0.29) is 12.0 Å². The van der Waals surface area contributed by atoms with E-state index in [1.165, 1.54) is 7.11 Å². The van der Waals surface area contributed by atoms with Gasteiger partial charge in [0.25, 0.3) is 5.91 Å². The van der Waals surface area contributed by atoms with Crippen molar-refractivity contribution >= 4 is 17.6 Å². The maximum Gasteiger partial charge on any atom is 0.341 e. The van der Waals surface area contributed by atoms with E-state index in [4.69, 9.17) is 14.2 Å². The highest BCUT2D eigenvalue weighted by atomic mass is 16.5. The first-order chi connectivity index (χ1) is 13.8. The van der Waals surface area contributed by atoms with Crippen molar-refractivity contribution in [2.45, 2.75) is 77.9 Å². The van der Waals surface area contributed by atoms with Crippen molar-refractivity contribution in [2.75, 3.05) is 19.0 Å². The third-order valence-corrected chi connectivity index (χ3v) is 5.50. The van der Waals surface area contributed by atoms with Gasteiger partial charge in [-0.1, -0.05) is 27.2 Å². The number of anilines is 1. The fourth-order valence-electron chi connectivity index (χ4n) is 3.73. The second-order valence-corrected chi connectivity index (χ2v) is 8.04. The lowest BCUT2D eigenvalue weighted by Crippen LogP contribution is -2.48. The summed E-state index contributed by atoms with van der Waals surface area (Å²) in [5.74, 6) is 0.238. The lowest BCUT2D eigenvalue weighted by Gasteiger charge is -2.38. The second kappa shape index (κ2) is 10.6. The zero-order valence-corrected chi connectivity index (χ0v) is 18.4. The Morgan fingerprint density at radius 3 is 2.69 bits per heavy atom. The normalized spacial score (nSPS) is 22.6. The monoisotopic (exact) mass is 405 g/mol. The molecule has 162 valence electrons. The predicted molar refractivity (Wildman–Crippen MR) is 113 cm³/mol. The molecule has 1 aliphatic rings. The number of methoxy groups -OCH3 is 1. The van der Waals surface area contributed by atoms with E-state index >= 15 is 0 Å². The molecule has 0 aromatic heterocycles. The lowest BCUT2D eigenvalue weighted by atomic mass is 9.78. The summed E-state index contributed by atoms with van der Waals surface area (Å²) in [5, 5.41) is 2.97. The Kier molecular flexibility index (Phi) is 8.50. The van der Waals surface area contributed by atoms with Crippen LogP contribution in [0.5, 0.6) is 5.75 Å². The largest absolute Gasteiger partial charge is 0.490 e. The van der Waals surface area contributed by atoms with Crippen molar-refractivity contribution in [2.24, 2.45) is 5.92 Å². The summed E-state index contributed by atoms with van der Waals surface area (Å²) in [7, 11) is 1.33. The van der Waals surface area contributed by atoms with Crippen LogP contribution in [0.2, 0.25) is 0 Å². The van der Waals surface area contributed by atoms with Crippen molar-refractivity contribution in [3.63, 3.8) is 0 Å². The molecular formula is C23H35NO5. The summed E-state index contributed by atoms with van der Waals surface area (Å²) in [5.41, 5.74) is 0.0149. The third-order valence-electron chi connectivity index (χ3n) is 5.50. The fourth-order valence-corrected chi connectivity index (χ4v) is 3.73. The molecule has 0 radical (unpaired) electrons. The van der Waals surface area contributed by atoms with Gasteiger partial charge < -0.3 is 19.5 Å². The first kappa shape index (κ1) is 23.2. The highest BCUT2D eigenvalue weighted by Gasteiger charge is 2.42. The average molecular weight is 406 g/mol. The van der Waals surface area contributed by atoms with Crippen LogP contribution in [0.3, 0.4) is 0 Å². The highest BCUT2D eigenvalue weighted by molar-refractivity contribution is 5.99. The number of esters is 1. The van der Waals surface area contributed by atoms with Crippen LogP contribution in [0.1, 0.15) is 76.6 Å². The number of hydrogen-bond donors (Lipinski definition) is 1. The third kappa shape index (κ3) is 5.95. The molecule has 1 aliphatic carbocycles. The first-order valence-electron chi connectivity index (χ1n) is 10.7. The lowest BCUT2D eigenvalue weighted by molar-refractivity contribution is -0.148. The van der Waals surface area contributed by atoms with Gasteiger partial charge in [-0.15, -0.1) is 0 Å². The van der Waals surface area contributed by atoms with Crippen molar-refractivity contribution in [1.82, 2.24) is 0 Å². The van der Waals surface area contributed by atoms with Crippen molar-refractivity contribution in [3.05, 3.63) is 23.8 Å². The van der Waals surface area contributed by atoms with Crippen LogP contribution in [-0.2, 0) is 14.3 Å². The molecule has 1 fully saturated rings. The maximum absolute atomic E-state index is 13.2. The van der Waals surface area contributed by atoms with Crippen LogP contribution in [-0.4, -0.2) is 37.3 Å². The summed E-state index contributed by atoms with van der Waals surface area (Å²) in [4.78, 5) is 25.5. The molecule has 29 heavy (non-hydrogen) atoms. The van der Waals surface area contributed by atoms with E-state index in [1.807, 2.05) is 20.8 Å². The number of nitrogens with one attached hydrogen (secondary N) is 1. The number of rotatable bonds is 9. The smallest absolute Gasteiger partial charge is 0.341 e. The van der Waals surface area contributed by atoms with Gasteiger partial charge in [-0.3, -0.25) is 4.79 Å². The van der Waals surface area contributed by atoms with Gasteiger partial charge in [0.1, 0.15) is 16.9 Å². The Morgan fingerprint density at radius 1 is 1.31 bits per heavy atom. The quantitative estimate of drug-likeness (QED) is 0.588. The van der Waals surface area contributed by atoms with Crippen LogP contribution in [0.25, 0.3) is 0 Å². The zero-order valence-electron chi connectivity index (χ0n) is 18.4. The standard InChI is InChI=1S/C23H35NO5/c1-6-13-28-23(12-8-9-16(3)15-23)22(26)24-18-10-11-20(29-17(4)7-2)19(14-18)21(25)27-5/h10-11,14,16-17H,6-9,12-13,15H2,1-5H3,(H,24,26)/t16-,17-,23+/m1/s1. The number of ether oxygens (including phenoxy) is 3. The molecule has 1 saturated carbocycles. The minimum Gasteiger partial charge on any atom is -0.490 e. The summed E-state index contributed by atoms with van der Waals surface area (Å²) in [6, 6.07) is 5.07. The van der Waals surface area contributed by atoms with Gasteiger partial charge in [0, 0.05) is 12.3 Å². The number of carbonyl (C=O) groups excluding carboxylic acids is 2. The van der Waals surface area contributed by atoms with Crippen LogP contribution < -0.4 is 10.1 Å². The van der Waals surface area contributed by atoms with E-state index in [2.05, 4.69) is 12.2 Å². The van der Waals surface area contributed by atoms with E-state index < -0.39 is 11.6 Å². The Hall–Kier alpha value is -2.08. The molecule has 0 spiro atoms. The van der Waals surface area contributed by atoms with E-state index in [0.717, 1.165) is 25.7 Å². The molecule has 2 rings (SSSR count). The summed E-state index contributed by atoms with van der Waals surface area (Å²) < 4.78 is 16.8. The fraction of sp³-hybridized carbons (Fsp3) is 0.652. The van der Waals surface area contributed by atoms with E-state index in [1.54, 1.807) is 18.2 Å². The number of amides is 1. The van der Waals surface area contributed by atoms with Crippen LogP contribution >= 0.6 is 0 Å². The number of benzene rings is 1. The molecule has 1 amide bonds. The second-order valence-electron chi connectivity index (χ2n) is 8.04. The average Bonchev–Trinajstić information content (AvgIpc) is 2.72. The molecule has 6 heteroatoms. The van der Waals surface area contributed by atoms with Crippen LogP contribution in [0.15, 0.2) is 18.2 Å². The maximum atomic E-state index is 13.2. The van der Waals surface area contributed by atoms with Gasteiger partial charge in [-0.2, -0.15) is 0 Å². The van der Waals surface area contributed by atoms with Crippen molar-refractivity contribution in [3.8, 4) is 5.75 Å². The minimum atomic E-state index is -0.814. The Bertz CT molecular complexity index is 705. The molecule has 6 nitrogen and oxygen atoms in total. The van der Waals surface area contributed by atoms with E-state index in [0.29, 0.717) is 42.4 Å². The number of hydrogen-bond acceptors (Lipinski definition) is 5. The highest BCUT2D eigenvalue weighted by Crippen LogP contribution is 2.37. The zero-order chi connectivity index (χ0) is 21.4. The topological polar surface area (TPSA) is 73.9 Å². The van der Waals surface area contributed by atoms with Crippen LogP contribution in [0.4, 0.5) is 5.69 Å². The number of carbonyl (C=O) groups is 2. The molecule has 0 saturated heterocycles. The summed E-state index contributed by atoms with van der Waals surface area (Å²) >= 11 is 0.